The Morgan fingerprint density at radius 2 is 2.30 bits per heavy atom. The molecular weight excluding hydrogens is 320 g/mol. The fraction of sp³-hybridized carbons (Fsp3) is 0.267. The van der Waals surface area contributed by atoms with Crippen molar-refractivity contribution in [3.8, 4) is 11.6 Å². The minimum Gasteiger partial charge on any atom is -0.493 e. The molecular formula is C15H15BrN2O2. The number of rotatable bonds is 4. The third-order valence-electron chi connectivity index (χ3n) is 3.22. The maximum absolute atomic E-state index is 5.71. The number of hydrogen-bond donors (Lipinski definition) is 1. The van der Waals surface area contributed by atoms with E-state index in [1.165, 1.54) is 5.56 Å². The summed E-state index contributed by atoms with van der Waals surface area (Å²) in [4.78, 5) is 4.34. The lowest BCUT2D eigenvalue weighted by atomic mass is 10.1. The second-order valence-electron chi connectivity index (χ2n) is 4.57. The SMILES string of the molecule is COc1cccc(NCc2cc(Br)cc3c2OCC3)n1. The zero-order valence-electron chi connectivity index (χ0n) is 11.1. The first-order valence-corrected chi connectivity index (χ1v) is 7.24. The average Bonchev–Trinajstić information content (AvgIpc) is 2.93. The van der Waals surface area contributed by atoms with Crippen molar-refractivity contribution in [3.05, 3.63) is 45.9 Å². The van der Waals surface area contributed by atoms with Gasteiger partial charge in [-0.3, -0.25) is 0 Å². The van der Waals surface area contributed by atoms with Crippen LogP contribution in [0, 0.1) is 0 Å². The first-order valence-electron chi connectivity index (χ1n) is 6.45. The van der Waals surface area contributed by atoms with Crippen LogP contribution >= 0.6 is 15.9 Å². The number of nitrogens with zero attached hydrogens (tertiary/aromatic N) is 1. The number of methoxy groups -OCH3 is 1. The predicted octanol–water partition coefficient (Wildman–Crippen LogP) is 3.40. The molecule has 2 heterocycles. The number of anilines is 1. The molecule has 0 amide bonds. The van der Waals surface area contributed by atoms with E-state index < -0.39 is 0 Å². The van der Waals surface area contributed by atoms with Gasteiger partial charge in [0.1, 0.15) is 11.6 Å². The van der Waals surface area contributed by atoms with Crippen LogP contribution in [0.25, 0.3) is 0 Å². The Labute approximate surface area is 126 Å². The van der Waals surface area contributed by atoms with Crippen LogP contribution in [-0.2, 0) is 13.0 Å². The standard InChI is InChI=1S/C15H15BrN2O2/c1-19-14-4-2-3-13(18-14)17-9-11-8-12(16)7-10-5-6-20-15(10)11/h2-4,7-8H,5-6,9H2,1H3,(H,17,18). The van der Waals surface area contributed by atoms with Crippen LogP contribution in [0.1, 0.15) is 11.1 Å². The smallest absolute Gasteiger partial charge is 0.214 e. The van der Waals surface area contributed by atoms with Gasteiger partial charge in [0.05, 0.1) is 13.7 Å². The Bertz CT molecular complexity index is 631. The maximum Gasteiger partial charge on any atom is 0.214 e. The van der Waals surface area contributed by atoms with E-state index in [9.17, 15) is 0 Å². The van der Waals surface area contributed by atoms with E-state index >= 15 is 0 Å². The summed E-state index contributed by atoms with van der Waals surface area (Å²) in [5, 5.41) is 3.30. The van der Waals surface area contributed by atoms with Gasteiger partial charge in [0.2, 0.25) is 5.88 Å². The summed E-state index contributed by atoms with van der Waals surface area (Å²) < 4.78 is 11.9. The molecule has 0 saturated heterocycles. The number of aromatic nitrogens is 1. The number of pyridine rings is 1. The van der Waals surface area contributed by atoms with E-state index in [1.807, 2.05) is 18.2 Å². The highest BCUT2D eigenvalue weighted by Gasteiger charge is 2.17. The third kappa shape index (κ3) is 2.72. The Balaban J connectivity index is 1.78. The van der Waals surface area contributed by atoms with Crippen LogP contribution < -0.4 is 14.8 Å². The van der Waals surface area contributed by atoms with Crippen molar-refractivity contribution in [2.45, 2.75) is 13.0 Å². The van der Waals surface area contributed by atoms with Gasteiger partial charge >= 0.3 is 0 Å². The molecule has 0 aliphatic carbocycles. The van der Waals surface area contributed by atoms with Crippen LogP contribution in [0.3, 0.4) is 0 Å². The molecule has 5 heteroatoms. The third-order valence-corrected chi connectivity index (χ3v) is 3.68. The zero-order valence-corrected chi connectivity index (χ0v) is 12.7. The molecule has 1 aliphatic heterocycles. The molecule has 0 bridgehead atoms. The highest BCUT2D eigenvalue weighted by atomic mass is 79.9. The van der Waals surface area contributed by atoms with Crippen molar-refractivity contribution >= 4 is 21.7 Å². The van der Waals surface area contributed by atoms with Crippen LogP contribution in [0.2, 0.25) is 0 Å². The molecule has 0 saturated carbocycles. The Kier molecular flexibility index (Phi) is 3.78. The molecule has 1 aromatic heterocycles. The number of halogens is 1. The van der Waals surface area contributed by atoms with E-state index in [0.717, 1.165) is 34.6 Å². The van der Waals surface area contributed by atoms with E-state index in [0.29, 0.717) is 12.4 Å². The minimum atomic E-state index is 0.603. The van der Waals surface area contributed by atoms with Crippen molar-refractivity contribution in [2.75, 3.05) is 19.0 Å². The number of nitrogens with one attached hydrogen (secondary N) is 1. The quantitative estimate of drug-likeness (QED) is 0.930. The first-order chi connectivity index (χ1) is 9.76. The van der Waals surface area contributed by atoms with Crippen LogP contribution in [-0.4, -0.2) is 18.7 Å². The summed E-state index contributed by atoms with van der Waals surface area (Å²) in [5.74, 6) is 2.39. The van der Waals surface area contributed by atoms with Crippen LogP contribution in [0.5, 0.6) is 11.6 Å². The highest BCUT2D eigenvalue weighted by Crippen LogP contribution is 2.33. The summed E-state index contributed by atoms with van der Waals surface area (Å²) in [6.07, 6.45) is 0.971. The molecule has 3 rings (SSSR count). The minimum absolute atomic E-state index is 0.603. The first kappa shape index (κ1) is 13.2. The molecule has 2 aromatic rings. The molecule has 104 valence electrons. The fourth-order valence-corrected chi connectivity index (χ4v) is 2.84. The Morgan fingerprint density at radius 1 is 1.40 bits per heavy atom. The van der Waals surface area contributed by atoms with Gasteiger partial charge in [0.25, 0.3) is 0 Å². The summed E-state index contributed by atoms with van der Waals surface area (Å²) in [7, 11) is 1.61. The summed E-state index contributed by atoms with van der Waals surface area (Å²) in [6.45, 7) is 1.43. The van der Waals surface area contributed by atoms with Gasteiger partial charge in [0.15, 0.2) is 0 Å². The molecule has 0 unspecified atom stereocenters. The molecule has 20 heavy (non-hydrogen) atoms. The zero-order chi connectivity index (χ0) is 13.9. The van der Waals surface area contributed by atoms with Gasteiger partial charge in [-0.15, -0.1) is 0 Å². The molecule has 1 N–H and O–H groups in total. The second-order valence-corrected chi connectivity index (χ2v) is 5.49. The normalized spacial score (nSPS) is 12.7. The van der Waals surface area contributed by atoms with E-state index in [-0.39, 0.29) is 0 Å². The van der Waals surface area contributed by atoms with Gasteiger partial charge < -0.3 is 14.8 Å². The lowest BCUT2D eigenvalue weighted by Crippen LogP contribution is -2.03. The molecule has 1 aliphatic rings. The summed E-state index contributed by atoms with van der Waals surface area (Å²) in [5.41, 5.74) is 2.39. The van der Waals surface area contributed by atoms with Gasteiger partial charge in [-0.2, -0.15) is 4.98 Å². The number of hydrogen-bond acceptors (Lipinski definition) is 4. The number of ether oxygens (including phenoxy) is 2. The molecule has 0 radical (unpaired) electrons. The van der Waals surface area contributed by atoms with Crippen molar-refractivity contribution in [2.24, 2.45) is 0 Å². The van der Waals surface area contributed by atoms with Gasteiger partial charge in [0, 0.05) is 29.1 Å². The second kappa shape index (κ2) is 5.71. The molecule has 0 fully saturated rings. The highest BCUT2D eigenvalue weighted by molar-refractivity contribution is 9.10. The van der Waals surface area contributed by atoms with Gasteiger partial charge in [-0.05, 0) is 23.8 Å². The molecule has 4 nitrogen and oxygen atoms in total. The number of fused-ring (bicyclic) bond motifs is 1. The van der Waals surface area contributed by atoms with Gasteiger partial charge in [-0.1, -0.05) is 22.0 Å². The van der Waals surface area contributed by atoms with Crippen molar-refractivity contribution < 1.29 is 9.47 Å². The van der Waals surface area contributed by atoms with Crippen molar-refractivity contribution in [1.82, 2.24) is 4.98 Å². The monoisotopic (exact) mass is 334 g/mol. The Morgan fingerprint density at radius 3 is 3.15 bits per heavy atom. The molecule has 0 atom stereocenters. The number of benzene rings is 1. The summed E-state index contributed by atoms with van der Waals surface area (Å²) in [6, 6.07) is 9.86. The van der Waals surface area contributed by atoms with E-state index in [2.05, 4.69) is 38.4 Å². The molecule has 1 aromatic carbocycles. The van der Waals surface area contributed by atoms with Crippen LogP contribution in [0.15, 0.2) is 34.8 Å². The summed E-state index contributed by atoms with van der Waals surface area (Å²) >= 11 is 3.55. The average molecular weight is 335 g/mol. The van der Waals surface area contributed by atoms with E-state index in [4.69, 9.17) is 9.47 Å². The van der Waals surface area contributed by atoms with Crippen molar-refractivity contribution in [3.63, 3.8) is 0 Å². The van der Waals surface area contributed by atoms with Crippen molar-refractivity contribution in [1.29, 1.82) is 0 Å². The molecule has 0 spiro atoms. The largest absolute Gasteiger partial charge is 0.493 e. The lowest BCUT2D eigenvalue weighted by Gasteiger charge is -2.11. The maximum atomic E-state index is 5.71. The topological polar surface area (TPSA) is 43.4 Å². The Hall–Kier alpha value is -1.75. The lowest BCUT2D eigenvalue weighted by molar-refractivity contribution is 0.354. The van der Waals surface area contributed by atoms with Crippen LogP contribution in [0.4, 0.5) is 5.82 Å². The van der Waals surface area contributed by atoms with E-state index in [1.54, 1.807) is 7.11 Å². The van der Waals surface area contributed by atoms with Gasteiger partial charge in [-0.25, -0.2) is 0 Å². The predicted molar refractivity (Wildman–Crippen MR) is 81.5 cm³/mol. The fourth-order valence-electron chi connectivity index (χ4n) is 2.29.